The van der Waals surface area contributed by atoms with Gasteiger partial charge < -0.3 is 14.6 Å². The second-order valence-corrected chi connectivity index (χ2v) is 10.2. The Labute approximate surface area is 215 Å². The Hall–Kier alpha value is -2.87. The molecule has 0 spiro atoms. The van der Waals surface area contributed by atoms with Crippen molar-refractivity contribution in [1.29, 1.82) is 0 Å². The summed E-state index contributed by atoms with van der Waals surface area (Å²) in [6.45, 7) is 0. The molecule has 3 heterocycles. The summed E-state index contributed by atoms with van der Waals surface area (Å²) >= 11 is 15.8. The summed E-state index contributed by atoms with van der Waals surface area (Å²) in [6, 6.07) is 20.7. The lowest BCUT2D eigenvalue weighted by Gasteiger charge is -2.37. The molecule has 2 unspecified atom stereocenters. The van der Waals surface area contributed by atoms with Crippen LogP contribution in [0.4, 0.5) is 5.69 Å². The fourth-order valence-electron chi connectivity index (χ4n) is 5.08. The number of methoxy groups -OCH3 is 1. The molecule has 0 aliphatic carbocycles. The normalized spacial score (nSPS) is 19.5. The van der Waals surface area contributed by atoms with Crippen LogP contribution in [-0.2, 0) is 11.2 Å². The monoisotopic (exact) mass is 551 g/mol. The lowest BCUT2D eigenvalue weighted by atomic mass is 9.89. The Kier molecular flexibility index (Phi) is 5.17. The number of amides is 1. The third-order valence-corrected chi connectivity index (χ3v) is 7.72. The molecule has 6 rings (SSSR count). The minimum absolute atomic E-state index is 0.0409. The van der Waals surface area contributed by atoms with Crippen LogP contribution in [0.25, 0.3) is 10.9 Å². The van der Waals surface area contributed by atoms with E-state index >= 15 is 0 Å². The van der Waals surface area contributed by atoms with Gasteiger partial charge in [0.25, 0.3) is 5.91 Å². The summed E-state index contributed by atoms with van der Waals surface area (Å²) in [4.78, 5) is 21.1. The van der Waals surface area contributed by atoms with Crippen molar-refractivity contribution in [3.05, 3.63) is 93.0 Å². The number of carbonyl (C=O) groups excluding carboxylic acids is 1. The number of hydrogen-bond donors (Lipinski definition) is 1. The maximum Gasteiger partial charge on any atom is 0.256 e. The summed E-state index contributed by atoms with van der Waals surface area (Å²) in [5, 5.41) is 2.15. The summed E-state index contributed by atoms with van der Waals surface area (Å²) in [5.41, 5.74) is 4.94. The molecule has 3 aromatic carbocycles. The van der Waals surface area contributed by atoms with E-state index in [0.29, 0.717) is 22.2 Å². The summed E-state index contributed by atoms with van der Waals surface area (Å²) in [6.07, 6.45) is 0.564. The van der Waals surface area contributed by atoms with Crippen molar-refractivity contribution in [3.63, 3.8) is 0 Å². The number of anilines is 1. The number of carbonyl (C=O) groups is 1. The van der Waals surface area contributed by atoms with E-state index in [1.165, 1.54) is 0 Å². The lowest BCUT2D eigenvalue weighted by Crippen LogP contribution is -2.44. The highest BCUT2D eigenvalue weighted by molar-refractivity contribution is 9.10. The van der Waals surface area contributed by atoms with Gasteiger partial charge in [0, 0.05) is 32.5 Å². The molecule has 5 nitrogen and oxygen atoms in total. The van der Waals surface area contributed by atoms with Gasteiger partial charge in [-0.05, 0) is 71.9 Å². The van der Waals surface area contributed by atoms with Gasteiger partial charge in [0.2, 0.25) is 0 Å². The number of halogens is 2. The average molecular weight is 553 g/mol. The number of aromatic nitrogens is 1. The summed E-state index contributed by atoms with van der Waals surface area (Å²) in [7, 11) is 1.65. The molecular formula is C26H19BrClN3O2S. The van der Waals surface area contributed by atoms with E-state index in [-0.39, 0.29) is 11.9 Å². The Balaban J connectivity index is 1.54. The Morgan fingerprint density at radius 2 is 1.91 bits per heavy atom. The van der Waals surface area contributed by atoms with Crippen molar-refractivity contribution in [3.8, 4) is 5.75 Å². The number of aromatic amines is 1. The van der Waals surface area contributed by atoms with Gasteiger partial charge in [0.15, 0.2) is 5.11 Å². The molecule has 170 valence electrons. The predicted octanol–water partition coefficient (Wildman–Crippen LogP) is 6.24. The van der Waals surface area contributed by atoms with Crippen LogP contribution in [0.2, 0.25) is 5.02 Å². The fourth-order valence-corrected chi connectivity index (χ4v) is 6.05. The molecule has 1 fully saturated rings. The highest BCUT2D eigenvalue weighted by Crippen LogP contribution is 2.45. The number of H-pyrrole nitrogens is 1. The number of ether oxygens (including phenoxy) is 1. The second-order valence-electron chi connectivity index (χ2n) is 8.45. The molecule has 1 N–H and O–H groups in total. The van der Waals surface area contributed by atoms with Crippen molar-refractivity contribution in [2.24, 2.45) is 0 Å². The maximum atomic E-state index is 13.8. The van der Waals surface area contributed by atoms with Crippen LogP contribution >= 0.6 is 39.7 Å². The Morgan fingerprint density at radius 1 is 1.12 bits per heavy atom. The van der Waals surface area contributed by atoms with Crippen LogP contribution in [0, 0.1) is 0 Å². The van der Waals surface area contributed by atoms with E-state index in [1.54, 1.807) is 24.1 Å². The van der Waals surface area contributed by atoms with Gasteiger partial charge in [-0.2, -0.15) is 0 Å². The molecule has 1 aromatic heterocycles. The van der Waals surface area contributed by atoms with Gasteiger partial charge in [0.05, 0.1) is 18.8 Å². The number of thiocarbonyl (C=S) groups is 1. The first-order valence-electron chi connectivity index (χ1n) is 10.8. The second kappa shape index (κ2) is 8.12. The average Bonchev–Trinajstić information content (AvgIpc) is 3.32. The van der Waals surface area contributed by atoms with E-state index in [9.17, 15) is 4.79 Å². The number of rotatable bonds is 3. The SMILES string of the molecule is COc1ccc(C2c3[nH]c4ccc(Br)cc4c3CC3C(=O)N(c4cccc(Cl)c4)C(=S)N32)cc1. The number of fused-ring (bicyclic) bond motifs is 4. The molecule has 2 aliphatic rings. The van der Waals surface area contributed by atoms with E-state index in [0.717, 1.165) is 37.9 Å². The molecule has 1 saturated heterocycles. The maximum absolute atomic E-state index is 13.8. The zero-order valence-electron chi connectivity index (χ0n) is 18.1. The minimum Gasteiger partial charge on any atom is -0.497 e. The largest absolute Gasteiger partial charge is 0.497 e. The Morgan fingerprint density at radius 3 is 2.65 bits per heavy atom. The van der Waals surface area contributed by atoms with Gasteiger partial charge >= 0.3 is 0 Å². The first-order chi connectivity index (χ1) is 16.5. The van der Waals surface area contributed by atoms with Gasteiger partial charge in [-0.3, -0.25) is 9.69 Å². The number of nitrogens with zero attached hydrogens (tertiary/aromatic N) is 2. The minimum atomic E-state index is -0.413. The molecule has 8 heteroatoms. The van der Waals surface area contributed by atoms with Gasteiger partial charge in [0.1, 0.15) is 11.8 Å². The first-order valence-corrected chi connectivity index (χ1v) is 12.4. The van der Waals surface area contributed by atoms with Crippen molar-refractivity contribution < 1.29 is 9.53 Å². The molecule has 0 saturated carbocycles. The molecular weight excluding hydrogens is 534 g/mol. The van der Waals surface area contributed by atoms with Crippen LogP contribution in [0.5, 0.6) is 5.75 Å². The summed E-state index contributed by atoms with van der Waals surface area (Å²) in [5.74, 6) is 0.735. The third kappa shape index (κ3) is 3.26. The quantitative estimate of drug-likeness (QED) is 0.306. The van der Waals surface area contributed by atoms with Crippen LogP contribution in [0.15, 0.2) is 71.2 Å². The molecule has 0 bridgehead atoms. The van der Waals surface area contributed by atoms with Gasteiger partial charge in [-0.1, -0.05) is 45.7 Å². The highest BCUT2D eigenvalue weighted by Gasteiger charge is 2.51. The van der Waals surface area contributed by atoms with Crippen molar-refractivity contribution in [2.75, 3.05) is 12.0 Å². The fraction of sp³-hybridized carbons (Fsp3) is 0.154. The number of nitrogens with one attached hydrogen (secondary N) is 1. The molecule has 4 aromatic rings. The topological polar surface area (TPSA) is 48.6 Å². The van der Waals surface area contributed by atoms with Crippen molar-refractivity contribution in [2.45, 2.75) is 18.5 Å². The van der Waals surface area contributed by atoms with Gasteiger partial charge in [-0.15, -0.1) is 0 Å². The first kappa shape index (κ1) is 21.6. The van der Waals surface area contributed by atoms with Gasteiger partial charge in [-0.25, -0.2) is 0 Å². The van der Waals surface area contributed by atoms with E-state index in [1.807, 2.05) is 42.5 Å². The predicted molar refractivity (Wildman–Crippen MR) is 142 cm³/mol. The van der Waals surface area contributed by atoms with Crippen LogP contribution in [-0.4, -0.2) is 34.1 Å². The van der Waals surface area contributed by atoms with Crippen LogP contribution < -0.4 is 9.64 Å². The lowest BCUT2D eigenvalue weighted by molar-refractivity contribution is -0.120. The molecule has 0 radical (unpaired) electrons. The molecule has 2 aliphatic heterocycles. The van der Waals surface area contributed by atoms with E-state index < -0.39 is 6.04 Å². The van der Waals surface area contributed by atoms with Crippen molar-refractivity contribution >= 4 is 67.4 Å². The van der Waals surface area contributed by atoms with Crippen molar-refractivity contribution in [1.82, 2.24) is 9.88 Å². The zero-order valence-corrected chi connectivity index (χ0v) is 21.2. The number of benzene rings is 3. The molecule has 1 amide bonds. The highest BCUT2D eigenvalue weighted by atomic mass is 79.9. The molecule has 2 atom stereocenters. The summed E-state index contributed by atoms with van der Waals surface area (Å²) < 4.78 is 6.37. The smallest absolute Gasteiger partial charge is 0.256 e. The standard InChI is InChI=1S/C26H19BrClN3O2S/c1-33-18-8-5-14(6-9-18)24-23-20(19-11-15(27)7-10-21(19)29-23)13-22-25(32)30(26(34)31(22)24)17-4-2-3-16(28)12-17/h2-12,22,24,29H,13H2,1H3. The Bertz CT molecular complexity index is 1470. The molecule has 34 heavy (non-hydrogen) atoms. The van der Waals surface area contributed by atoms with Crippen LogP contribution in [0.3, 0.4) is 0 Å². The zero-order chi connectivity index (χ0) is 23.6. The van der Waals surface area contributed by atoms with Crippen LogP contribution in [0.1, 0.15) is 22.9 Å². The number of hydrogen-bond acceptors (Lipinski definition) is 3. The third-order valence-electron chi connectivity index (χ3n) is 6.60. The van der Waals surface area contributed by atoms with E-state index in [4.69, 9.17) is 28.6 Å². The van der Waals surface area contributed by atoms with E-state index in [2.05, 4.69) is 37.9 Å².